The van der Waals surface area contributed by atoms with Crippen molar-refractivity contribution in [1.29, 1.82) is 0 Å². The van der Waals surface area contributed by atoms with Gasteiger partial charge in [0.05, 0.1) is 17.8 Å². The molecule has 0 fully saturated rings. The van der Waals surface area contributed by atoms with E-state index in [-0.39, 0.29) is 23.4 Å². The quantitative estimate of drug-likeness (QED) is 0.264. The minimum atomic E-state index is -3.49. The predicted molar refractivity (Wildman–Crippen MR) is 150 cm³/mol. The van der Waals surface area contributed by atoms with E-state index >= 15 is 0 Å². The standard InChI is InChI=1S/C29H29N3O6S/c1-6-39(36,37)14-13-30-28(33)18-7-10-21(24(15-18)29(34)35)27-22-11-8-19(31(2)3)16-25(22)38-26-17-20(32(4)5)9-12-23(26)27/h6-12,15-17H,1,13-14H2,2-5H3,(H-,30,33,34,35). The number of rotatable bonds is 8. The van der Waals surface area contributed by atoms with Gasteiger partial charge in [-0.2, -0.15) is 0 Å². The first-order chi connectivity index (χ1) is 18.4. The summed E-state index contributed by atoms with van der Waals surface area (Å²) in [7, 11) is 4.17. The van der Waals surface area contributed by atoms with Crippen molar-refractivity contribution in [2.75, 3.05) is 45.4 Å². The number of benzene rings is 3. The second-order valence-electron chi connectivity index (χ2n) is 9.46. The Morgan fingerprint density at radius 2 is 1.77 bits per heavy atom. The largest absolute Gasteiger partial charge is 0.545 e. The van der Waals surface area contributed by atoms with Gasteiger partial charge in [-0.3, -0.25) is 4.79 Å². The van der Waals surface area contributed by atoms with E-state index in [1.807, 2.05) is 74.1 Å². The van der Waals surface area contributed by atoms with E-state index in [2.05, 4.69) is 11.9 Å². The Bertz CT molecular complexity index is 1770. The third kappa shape index (κ3) is 5.70. The summed E-state index contributed by atoms with van der Waals surface area (Å²) in [5.74, 6) is -1.81. The van der Waals surface area contributed by atoms with Gasteiger partial charge in [0.2, 0.25) is 5.36 Å². The number of amides is 1. The number of hydrogen-bond acceptors (Lipinski definition) is 7. The highest BCUT2D eigenvalue weighted by Crippen LogP contribution is 2.42. The van der Waals surface area contributed by atoms with Gasteiger partial charge in [-0.15, -0.1) is 0 Å². The highest BCUT2D eigenvalue weighted by molar-refractivity contribution is 7.94. The molecule has 0 spiro atoms. The average molecular weight is 548 g/mol. The molecule has 2 aromatic carbocycles. The fourth-order valence-corrected chi connectivity index (χ4v) is 4.83. The fraction of sp³-hybridized carbons (Fsp3) is 0.207. The monoisotopic (exact) mass is 547 g/mol. The second-order valence-corrected chi connectivity index (χ2v) is 11.5. The Morgan fingerprint density at radius 3 is 2.41 bits per heavy atom. The first kappa shape index (κ1) is 27.6. The third-order valence-electron chi connectivity index (χ3n) is 6.42. The summed E-state index contributed by atoms with van der Waals surface area (Å²) in [6.07, 6.45) is 0. The molecule has 202 valence electrons. The molecule has 9 nitrogen and oxygen atoms in total. The van der Waals surface area contributed by atoms with E-state index in [1.54, 1.807) is 6.07 Å². The van der Waals surface area contributed by atoms with Crippen LogP contribution in [0, 0.1) is 0 Å². The predicted octanol–water partition coefficient (Wildman–Crippen LogP) is 1.95. The van der Waals surface area contributed by atoms with Crippen LogP contribution in [-0.4, -0.2) is 60.8 Å². The average Bonchev–Trinajstić information content (AvgIpc) is 2.90. The lowest BCUT2D eigenvalue weighted by atomic mass is 9.89. The molecule has 0 unspecified atom stereocenters. The number of carbonyl (C=O) groups excluding carboxylic acids is 2. The molecule has 10 heteroatoms. The number of carbonyl (C=O) groups is 2. The minimum Gasteiger partial charge on any atom is -0.545 e. The highest BCUT2D eigenvalue weighted by atomic mass is 32.2. The van der Waals surface area contributed by atoms with Gasteiger partial charge in [0, 0.05) is 71.5 Å². The molecule has 0 aromatic heterocycles. The van der Waals surface area contributed by atoms with Crippen molar-refractivity contribution >= 4 is 38.4 Å². The van der Waals surface area contributed by atoms with E-state index < -0.39 is 21.7 Å². The normalized spacial score (nSPS) is 11.4. The number of carboxylic acids is 1. The highest BCUT2D eigenvalue weighted by Gasteiger charge is 2.22. The van der Waals surface area contributed by atoms with Crippen LogP contribution in [0.5, 0.6) is 0 Å². The summed E-state index contributed by atoms with van der Waals surface area (Å²) < 4.78 is 31.5. The van der Waals surface area contributed by atoms with Gasteiger partial charge in [0.25, 0.3) is 5.91 Å². The van der Waals surface area contributed by atoms with Gasteiger partial charge in [-0.25, -0.2) is 13.0 Å². The molecule has 1 aliphatic carbocycles. The molecule has 0 radical (unpaired) electrons. The van der Waals surface area contributed by atoms with Crippen molar-refractivity contribution in [3.63, 3.8) is 0 Å². The van der Waals surface area contributed by atoms with Crippen LogP contribution in [0.4, 0.5) is 5.69 Å². The molecule has 0 saturated heterocycles. The summed E-state index contributed by atoms with van der Waals surface area (Å²) in [6, 6.07) is 15.7. The summed E-state index contributed by atoms with van der Waals surface area (Å²) in [5.41, 5.74) is 3.04. The number of sulfone groups is 1. The lowest BCUT2D eigenvalue weighted by Gasteiger charge is -2.20. The SMILES string of the molecule is C=CS(=O)(=O)CCNC(=O)c1ccc(-c2c3ccc(=[N+](C)C)cc-3oc3cc(N(C)C)ccc23)c(C(=O)[O-])c1. The van der Waals surface area contributed by atoms with Gasteiger partial charge >= 0.3 is 0 Å². The van der Waals surface area contributed by atoms with Crippen molar-refractivity contribution in [3.8, 4) is 22.5 Å². The Kier molecular flexibility index (Phi) is 7.60. The lowest BCUT2D eigenvalue weighted by Crippen LogP contribution is -2.29. The number of carboxylic acid groups (broad SMARTS) is 1. The van der Waals surface area contributed by atoms with Gasteiger partial charge in [0.15, 0.2) is 9.84 Å². The molecule has 4 rings (SSSR count). The Hall–Kier alpha value is -4.44. The molecule has 0 bridgehead atoms. The number of anilines is 1. The van der Waals surface area contributed by atoms with Crippen molar-refractivity contribution in [2.45, 2.75) is 0 Å². The number of nitrogens with one attached hydrogen (secondary N) is 1. The maximum Gasteiger partial charge on any atom is 0.251 e. The van der Waals surface area contributed by atoms with Gasteiger partial charge in [0.1, 0.15) is 25.4 Å². The number of hydrogen-bond donors (Lipinski definition) is 1. The fourth-order valence-electron chi connectivity index (χ4n) is 4.28. The molecule has 1 aliphatic heterocycles. The van der Waals surface area contributed by atoms with E-state index in [0.29, 0.717) is 33.4 Å². The second kappa shape index (κ2) is 10.7. The molecule has 39 heavy (non-hydrogen) atoms. The van der Waals surface area contributed by atoms with Crippen LogP contribution in [0.2, 0.25) is 0 Å². The summed E-state index contributed by atoms with van der Waals surface area (Å²) in [5, 5.41) is 17.3. The van der Waals surface area contributed by atoms with E-state index in [1.165, 1.54) is 12.1 Å². The van der Waals surface area contributed by atoms with Crippen LogP contribution in [0.1, 0.15) is 20.7 Å². The lowest BCUT2D eigenvalue weighted by molar-refractivity contribution is -0.254. The molecule has 1 amide bonds. The van der Waals surface area contributed by atoms with Gasteiger partial charge < -0.3 is 24.5 Å². The summed E-state index contributed by atoms with van der Waals surface area (Å²) in [4.78, 5) is 27.0. The van der Waals surface area contributed by atoms with Crippen molar-refractivity contribution in [1.82, 2.24) is 9.89 Å². The van der Waals surface area contributed by atoms with Crippen molar-refractivity contribution in [3.05, 3.63) is 83.1 Å². The third-order valence-corrected chi connectivity index (χ3v) is 7.70. The molecule has 0 saturated carbocycles. The maximum atomic E-state index is 12.7. The molecular weight excluding hydrogens is 518 g/mol. The van der Waals surface area contributed by atoms with Crippen LogP contribution >= 0.6 is 0 Å². The van der Waals surface area contributed by atoms with Gasteiger partial charge in [-0.1, -0.05) is 12.6 Å². The van der Waals surface area contributed by atoms with E-state index in [4.69, 9.17) is 4.42 Å². The topological polar surface area (TPSA) is 123 Å². The number of fused-ring (bicyclic) bond motifs is 2. The summed E-state index contributed by atoms with van der Waals surface area (Å²) >= 11 is 0. The smallest absolute Gasteiger partial charge is 0.251 e. The van der Waals surface area contributed by atoms with E-state index in [0.717, 1.165) is 16.5 Å². The number of nitrogens with zero attached hydrogens (tertiary/aromatic N) is 2. The first-order valence-electron chi connectivity index (χ1n) is 12.1. The van der Waals surface area contributed by atoms with Crippen LogP contribution in [0.25, 0.3) is 33.4 Å². The zero-order valence-electron chi connectivity index (χ0n) is 22.1. The zero-order chi connectivity index (χ0) is 28.5. The minimum absolute atomic E-state index is 0.0629. The first-order valence-corrected chi connectivity index (χ1v) is 13.8. The van der Waals surface area contributed by atoms with Crippen molar-refractivity contribution in [2.24, 2.45) is 0 Å². The van der Waals surface area contributed by atoms with E-state index in [9.17, 15) is 23.1 Å². The Balaban J connectivity index is 1.91. The molecule has 1 N–H and O–H groups in total. The summed E-state index contributed by atoms with van der Waals surface area (Å²) in [6.45, 7) is 3.10. The maximum absolute atomic E-state index is 12.7. The molecule has 1 heterocycles. The van der Waals surface area contributed by atoms with Crippen LogP contribution in [-0.2, 0) is 9.84 Å². The molecule has 0 atom stereocenters. The van der Waals surface area contributed by atoms with Crippen molar-refractivity contribution < 1.29 is 27.5 Å². The molecule has 2 aliphatic rings. The molecule has 2 aromatic rings. The Morgan fingerprint density at radius 1 is 1.05 bits per heavy atom. The number of aromatic carboxylic acids is 1. The van der Waals surface area contributed by atoms with Gasteiger partial charge in [-0.05, 0) is 35.9 Å². The molecular formula is C29H29N3O6S. The zero-order valence-corrected chi connectivity index (χ0v) is 23.0. The Labute approximate surface area is 226 Å². The van der Waals surface area contributed by atoms with Crippen LogP contribution in [0.3, 0.4) is 0 Å². The van der Waals surface area contributed by atoms with Crippen LogP contribution < -0.4 is 25.3 Å². The van der Waals surface area contributed by atoms with Crippen LogP contribution in [0.15, 0.2) is 71.0 Å².